The van der Waals surface area contributed by atoms with Crippen LogP contribution < -0.4 is 5.32 Å². The third kappa shape index (κ3) is 2.30. The van der Waals surface area contributed by atoms with Crippen molar-refractivity contribution < 1.29 is 4.42 Å². The Morgan fingerprint density at radius 2 is 2.24 bits per heavy atom. The van der Waals surface area contributed by atoms with Crippen molar-refractivity contribution in [3.05, 3.63) is 22.6 Å². The van der Waals surface area contributed by atoms with E-state index < -0.39 is 0 Å². The zero-order valence-electron chi connectivity index (χ0n) is 10.2. The van der Waals surface area contributed by atoms with Gasteiger partial charge in [0.2, 0.25) is 0 Å². The zero-order valence-corrected chi connectivity index (χ0v) is 11.7. The number of hydrogen-bond acceptors (Lipinski definition) is 3. The van der Waals surface area contributed by atoms with E-state index in [0.717, 1.165) is 23.0 Å². The van der Waals surface area contributed by atoms with Crippen molar-refractivity contribution in [2.24, 2.45) is 5.92 Å². The summed E-state index contributed by atoms with van der Waals surface area (Å²) in [6, 6.07) is 5.42. The van der Waals surface area contributed by atoms with E-state index in [1.54, 1.807) is 0 Å². The number of nitrogens with one attached hydrogen (secondary N) is 1. The highest BCUT2D eigenvalue weighted by Crippen LogP contribution is 2.44. The largest absolute Gasteiger partial charge is 0.453 e. The molecule has 0 radical (unpaired) electrons. The highest BCUT2D eigenvalue weighted by atomic mass is 79.9. The first-order valence-electron chi connectivity index (χ1n) is 6.45. The summed E-state index contributed by atoms with van der Waals surface area (Å²) in [6.45, 7) is 2.30. The van der Waals surface area contributed by atoms with Crippen LogP contribution in [0.1, 0.15) is 31.1 Å². The van der Waals surface area contributed by atoms with Crippen LogP contribution in [0.5, 0.6) is 0 Å². The van der Waals surface area contributed by atoms with Crippen LogP contribution in [0.2, 0.25) is 0 Å². The van der Waals surface area contributed by atoms with Gasteiger partial charge < -0.3 is 9.73 Å². The highest BCUT2D eigenvalue weighted by molar-refractivity contribution is 9.10. The van der Waals surface area contributed by atoms with Gasteiger partial charge in [0, 0.05) is 6.04 Å². The normalized spacial score (nSPS) is 30.0. The zero-order chi connectivity index (χ0) is 11.8. The van der Waals surface area contributed by atoms with Gasteiger partial charge in [-0.3, -0.25) is 4.90 Å². The van der Waals surface area contributed by atoms with Crippen molar-refractivity contribution in [2.75, 3.05) is 20.1 Å². The van der Waals surface area contributed by atoms with Crippen molar-refractivity contribution in [1.29, 1.82) is 0 Å². The summed E-state index contributed by atoms with van der Waals surface area (Å²) in [5, 5.41) is 3.32. The van der Waals surface area contributed by atoms with Gasteiger partial charge in [-0.1, -0.05) is 0 Å². The first-order valence-corrected chi connectivity index (χ1v) is 7.24. The minimum absolute atomic E-state index is 0.473. The topological polar surface area (TPSA) is 28.4 Å². The van der Waals surface area contributed by atoms with E-state index >= 15 is 0 Å². The lowest BCUT2D eigenvalue weighted by Gasteiger charge is -2.26. The smallest absolute Gasteiger partial charge is 0.169 e. The van der Waals surface area contributed by atoms with Gasteiger partial charge in [-0.25, -0.2) is 0 Å². The molecule has 1 N–H and O–H groups in total. The van der Waals surface area contributed by atoms with Crippen molar-refractivity contribution in [2.45, 2.75) is 31.3 Å². The van der Waals surface area contributed by atoms with E-state index in [9.17, 15) is 0 Å². The van der Waals surface area contributed by atoms with Crippen molar-refractivity contribution in [3.8, 4) is 0 Å². The van der Waals surface area contributed by atoms with E-state index in [4.69, 9.17) is 4.42 Å². The Morgan fingerprint density at radius 1 is 1.41 bits per heavy atom. The molecule has 1 saturated heterocycles. The number of rotatable bonds is 4. The first-order chi connectivity index (χ1) is 8.29. The Balaban J connectivity index is 1.83. The van der Waals surface area contributed by atoms with Crippen LogP contribution in [-0.2, 0) is 0 Å². The summed E-state index contributed by atoms with van der Waals surface area (Å²) in [6.07, 6.45) is 4.01. The molecule has 0 bridgehead atoms. The minimum Gasteiger partial charge on any atom is -0.453 e. The second kappa shape index (κ2) is 4.75. The number of halogens is 1. The molecule has 1 aliphatic carbocycles. The monoisotopic (exact) mass is 298 g/mol. The van der Waals surface area contributed by atoms with Gasteiger partial charge in [-0.05, 0) is 73.4 Å². The fourth-order valence-corrected chi connectivity index (χ4v) is 3.38. The molecular weight excluding hydrogens is 280 g/mol. The molecule has 1 aliphatic heterocycles. The fraction of sp³-hybridized carbons (Fsp3) is 0.692. The number of hydrogen-bond donors (Lipinski definition) is 1. The van der Waals surface area contributed by atoms with Crippen LogP contribution in [0, 0.1) is 5.92 Å². The second-order valence-corrected chi connectivity index (χ2v) is 5.94. The maximum absolute atomic E-state index is 5.80. The molecule has 2 heterocycles. The Kier molecular flexibility index (Phi) is 3.28. The van der Waals surface area contributed by atoms with Crippen molar-refractivity contribution >= 4 is 15.9 Å². The summed E-state index contributed by atoms with van der Waals surface area (Å²) < 4.78 is 6.65. The third-order valence-corrected chi connectivity index (χ3v) is 4.36. The molecule has 0 spiro atoms. The summed E-state index contributed by atoms with van der Waals surface area (Å²) in [4.78, 5) is 2.65. The van der Waals surface area contributed by atoms with Crippen LogP contribution in [0.3, 0.4) is 0 Å². The predicted molar refractivity (Wildman–Crippen MR) is 70.9 cm³/mol. The van der Waals surface area contributed by atoms with Crippen LogP contribution in [0.4, 0.5) is 0 Å². The van der Waals surface area contributed by atoms with Crippen LogP contribution in [-0.4, -0.2) is 31.1 Å². The average molecular weight is 299 g/mol. The molecule has 0 aromatic carbocycles. The summed E-state index contributed by atoms with van der Waals surface area (Å²) in [5.41, 5.74) is 0. The molecule has 17 heavy (non-hydrogen) atoms. The molecule has 1 aromatic rings. The lowest BCUT2D eigenvalue weighted by molar-refractivity contribution is 0.188. The van der Waals surface area contributed by atoms with Crippen molar-refractivity contribution in [3.63, 3.8) is 0 Å². The predicted octanol–water partition coefficient (Wildman–Crippen LogP) is 2.79. The Bertz CT molecular complexity index is 389. The van der Waals surface area contributed by atoms with Gasteiger partial charge in [0.1, 0.15) is 5.76 Å². The molecule has 3 nitrogen and oxygen atoms in total. The number of likely N-dealkylation sites (tertiary alicyclic amines) is 1. The van der Waals surface area contributed by atoms with Gasteiger partial charge in [-0.15, -0.1) is 0 Å². The average Bonchev–Trinajstić information content (AvgIpc) is 2.94. The van der Waals surface area contributed by atoms with Crippen LogP contribution in [0.25, 0.3) is 0 Å². The van der Waals surface area contributed by atoms with E-state index in [0.29, 0.717) is 12.0 Å². The Labute approximate surface area is 111 Å². The molecule has 2 aliphatic rings. The molecule has 2 unspecified atom stereocenters. The molecule has 0 amide bonds. The van der Waals surface area contributed by atoms with Crippen LogP contribution >= 0.6 is 15.9 Å². The SMILES string of the molecule is CNCC1CCN(C2CC2)C1c1ccc(Br)o1. The first kappa shape index (κ1) is 11.8. The molecule has 2 fully saturated rings. The van der Waals surface area contributed by atoms with E-state index in [1.807, 2.05) is 13.1 Å². The Morgan fingerprint density at radius 3 is 2.82 bits per heavy atom. The standard InChI is InChI=1S/C13H19BrN2O/c1-15-8-9-6-7-16(10-2-3-10)13(9)11-4-5-12(14)17-11/h4-5,9-10,13,15H,2-3,6-8H2,1H3. The quantitative estimate of drug-likeness (QED) is 0.926. The van der Waals surface area contributed by atoms with Gasteiger partial charge in [0.15, 0.2) is 4.67 Å². The third-order valence-electron chi connectivity index (χ3n) is 3.93. The van der Waals surface area contributed by atoms with Gasteiger partial charge in [0.05, 0.1) is 6.04 Å². The van der Waals surface area contributed by atoms with E-state index in [1.165, 1.54) is 25.8 Å². The van der Waals surface area contributed by atoms with Crippen molar-refractivity contribution in [1.82, 2.24) is 10.2 Å². The van der Waals surface area contributed by atoms with Crippen LogP contribution in [0.15, 0.2) is 21.2 Å². The molecule has 1 aromatic heterocycles. The molecule has 3 rings (SSSR count). The highest BCUT2D eigenvalue weighted by Gasteiger charge is 2.43. The second-order valence-electron chi connectivity index (χ2n) is 5.16. The van der Waals surface area contributed by atoms with Gasteiger partial charge in [0.25, 0.3) is 0 Å². The lowest BCUT2D eigenvalue weighted by atomic mass is 9.98. The Hall–Kier alpha value is -0.320. The molecule has 2 atom stereocenters. The summed E-state index contributed by atoms with van der Waals surface area (Å²) >= 11 is 3.41. The van der Waals surface area contributed by atoms with E-state index in [-0.39, 0.29) is 0 Å². The van der Waals surface area contributed by atoms with E-state index in [2.05, 4.69) is 32.2 Å². The maximum atomic E-state index is 5.80. The summed E-state index contributed by atoms with van der Waals surface area (Å²) in [7, 11) is 2.04. The lowest BCUT2D eigenvalue weighted by Crippen LogP contribution is -2.30. The van der Waals surface area contributed by atoms with Gasteiger partial charge in [-0.2, -0.15) is 0 Å². The molecule has 1 saturated carbocycles. The molecule has 94 valence electrons. The maximum Gasteiger partial charge on any atom is 0.169 e. The minimum atomic E-state index is 0.473. The molecular formula is C13H19BrN2O. The summed E-state index contributed by atoms with van der Waals surface area (Å²) in [5.74, 6) is 1.81. The fourth-order valence-electron chi connectivity index (χ4n) is 3.06. The molecule has 4 heteroatoms. The van der Waals surface area contributed by atoms with Gasteiger partial charge >= 0.3 is 0 Å². The number of nitrogens with zero attached hydrogens (tertiary/aromatic N) is 1. The number of furan rings is 1.